The Bertz CT molecular complexity index is 563. The summed E-state index contributed by atoms with van der Waals surface area (Å²) < 4.78 is 5.43. The minimum atomic E-state index is -1.44. The Balaban J connectivity index is 3.21. The highest BCUT2D eigenvalue weighted by atomic mass is 16.5. The number of hydrogen-bond donors (Lipinski definition) is 1. The van der Waals surface area contributed by atoms with Gasteiger partial charge in [-0.1, -0.05) is 13.8 Å². The maximum absolute atomic E-state index is 11.5. The van der Waals surface area contributed by atoms with Crippen molar-refractivity contribution >= 4 is 11.9 Å². The van der Waals surface area contributed by atoms with Gasteiger partial charge in [0.2, 0.25) is 0 Å². The molecule has 0 aromatic heterocycles. The van der Waals surface area contributed by atoms with Crippen LogP contribution in [0, 0.1) is 10.8 Å². The SMILES string of the molecule is CC(C)Cc1cc(OC(C)(C)C(=O)O)cc(C(=O)N=O)c1. The third-order valence-electron chi connectivity index (χ3n) is 2.83. The van der Waals surface area contributed by atoms with Crippen LogP contribution in [-0.4, -0.2) is 22.6 Å². The molecular weight excluding hydrogens is 274 g/mol. The van der Waals surface area contributed by atoms with Crippen LogP contribution in [0.5, 0.6) is 5.75 Å². The van der Waals surface area contributed by atoms with Gasteiger partial charge in [0.05, 0.1) is 0 Å². The van der Waals surface area contributed by atoms with E-state index >= 15 is 0 Å². The summed E-state index contributed by atoms with van der Waals surface area (Å²) in [6.45, 7) is 6.83. The van der Waals surface area contributed by atoms with Crippen LogP contribution in [-0.2, 0) is 11.2 Å². The van der Waals surface area contributed by atoms with Gasteiger partial charge in [-0.25, -0.2) is 4.79 Å². The molecule has 0 spiro atoms. The highest BCUT2D eigenvalue weighted by Gasteiger charge is 2.29. The molecule has 0 bridgehead atoms. The fraction of sp³-hybridized carbons (Fsp3) is 0.467. The first-order chi connectivity index (χ1) is 9.65. The van der Waals surface area contributed by atoms with Gasteiger partial charge < -0.3 is 9.84 Å². The van der Waals surface area contributed by atoms with Gasteiger partial charge in [0.25, 0.3) is 0 Å². The highest BCUT2D eigenvalue weighted by Crippen LogP contribution is 2.24. The smallest absolute Gasteiger partial charge is 0.347 e. The number of carbonyl (C=O) groups excluding carboxylic acids is 1. The number of aliphatic carboxylic acids is 1. The lowest BCUT2D eigenvalue weighted by molar-refractivity contribution is -0.152. The molecule has 1 aromatic rings. The van der Waals surface area contributed by atoms with E-state index in [9.17, 15) is 14.5 Å². The van der Waals surface area contributed by atoms with E-state index in [0.29, 0.717) is 12.3 Å². The lowest BCUT2D eigenvalue weighted by Crippen LogP contribution is -2.37. The maximum Gasteiger partial charge on any atom is 0.347 e. The minimum absolute atomic E-state index is 0.0966. The Labute approximate surface area is 123 Å². The number of ether oxygens (including phenoxy) is 1. The summed E-state index contributed by atoms with van der Waals surface area (Å²) >= 11 is 0. The second kappa shape index (κ2) is 6.47. The van der Waals surface area contributed by atoms with Gasteiger partial charge in [-0.2, -0.15) is 0 Å². The number of carbonyl (C=O) groups is 2. The topological polar surface area (TPSA) is 93.0 Å². The van der Waals surface area contributed by atoms with Crippen LogP contribution >= 0.6 is 0 Å². The second-order valence-electron chi connectivity index (χ2n) is 5.78. The molecule has 21 heavy (non-hydrogen) atoms. The molecule has 1 aromatic carbocycles. The molecule has 0 aliphatic carbocycles. The molecule has 6 nitrogen and oxygen atoms in total. The molecule has 0 heterocycles. The van der Waals surface area contributed by atoms with Crippen LogP contribution in [0.25, 0.3) is 0 Å². The predicted molar refractivity (Wildman–Crippen MR) is 77.5 cm³/mol. The van der Waals surface area contributed by atoms with Gasteiger partial charge in [-0.3, -0.25) is 4.79 Å². The number of amides is 1. The van der Waals surface area contributed by atoms with Crippen molar-refractivity contribution in [3.05, 3.63) is 34.2 Å². The summed E-state index contributed by atoms with van der Waals surface area (Å²) in [5.41, 5.74) is -0.555. The van der Waals surface area contributed by atoms with Gasteiger partial charge in [0, 0.05) is 10.7 Å². The van der Waals surface area contributed by atoms with Crippen molar-refractivity contribution in [3.8, 4) is 5.75 Å². The first-order valence-electron chi connectivity index (χ1n) is 6.59. The van der Waals surface area contributed by atoms with Gasteiger partial charge >= 0.3 is 11.9 Å². The van der Waals surface area contributed by atoms with Crippen molar-refractivity contribution in [3.63, 3.8) is 0 Å². The summed E-state index contributed by atoms with van der Waals surface area (Å²) in [5, 5.41) is 11.5. The molecule has 0 saturated carbocycles. The molecule has 0 radical (unpaired) electrons. The average molecular weight is 293 g/mol. The number of nitrogens with zero attached hydrogens (tertiary/aromatic N) is 1. The van der Waals surface area contributed by atoms with Crippen LogP contribution in [0.1, 0.15) is 43.6 Å². The first kappa shape index (κ1) is 16.8. The van der Waals surface area contributed by atoms with E-state index in [1.165, 1.54) is 19.9 Å². The van der Waals surface area contributed by atoms with Crippen molar-refractivity contribution in [1.29, 1.82) is 0 Å². The van der Waals surface area contributed by atoms with Crippen molar-refractivity contribution in [2.75, 3.05) is 0 Å². The van der Waals surface area contributed by atoms with Crippen LogP contribution in [0.3, 0.4) is 0 Å². The van der Waals surface area contributed by atoms with E-state index in [0.717, 1.165) is 5.56 Å². The summed E-state index contributed by atoms with van der Waals surface area (Å²) in [6.07, 6.45) is 0.670. The fourth-order valence-electron chi connectivity index (χ4n) is 1.82. The Hall–Kier alpha value is -2.24. The summed E-state index contributed by atoms with van der Waals surface area (Å²) in [6, 6.07) is 4.58. The third-order valence-corrected chi connectivity index (χ3v) is 2.83. The van der Waals surface area contributed by atoms with E-state index in [1.54, 1.807) is 12.1 Å². The van der Waals surface area contributed by atoms with Crippen LogP contribution < -0.4 is 4.74 Å². The summed E-state index contributed by atoms with van der Waals surface area (Å²) in [4.78, 5) is 33.0. The van der Waals surface area contributed by atoms with Crippen LogP contribution in [0.4, 0.5) is 0 Å². The van der Waals surface area contributed by atoms with E-state index in [-0.39, 0.29) is 11.3 Å². The lowest BCUT2D eigenvalue weighted by atomic mass is 10.00. The molecule has 0 aliphatic rings. The van der Waals surface area contributed by atoms with E-state index < -0.39 is 17.5 Å². The number of benzene rings is 1. The number of hydrogen-bond acceptors (Lipinski definition) is 4. The van der Waals surface area contributed by atoms with Crippen molar-refractivity contribution in [2.45, 2.75) is 39.7 Å². The monoisotopic (exact) mass is 293 g/mol. The van der Waals surface area contributed by atoms with E-state index in [1.807, 2.05) is 13.8 Å². The van der Waals surface area contributed by atoms with Gasteiger partial charge in [0.15, 0.2) is 5.60 Å². The molecule has 6 heteroatoms. The van der Waals surface area contributed by atoms with Crippen LogP contribution in [0.15, 0.2) is 23.4 Å². The maximum atomic E-state index is 11.5. The first-order valence-corrected chi connectivity index (χ1v) is 6.59. The Morgan fingerprint density at radius 3 is 2.38 bits per heavy atom. The molecule has 0 atom stereocenters. The molecule has 0 fully saturated rings. The largest absolute Gasteiger partial charge is 0.478 e. The van der Waals surface area contributed by atoms with Crippen molar-refractivity contribution < 1.29 is 19.4 Å². The third kappa shape index (κ3) is 4.66. The molecule has 0 unspecified atom stereocenters. The molecule has 0 saturated heterocycles. The van der Waals surface area contributed by atoms with Gasteiger partial charge in [0.1, 0.15) is 5.75 Å². The molecule has 0 aliphatic heterocycles. The molecule has 114 valence electrons. The normalized spacial score (nSPS) is 11.3. The van der Waals surface area contributed by atoms with Gasteiger partial charge in [-0.15, -0.1) is 4.91 Å². The van der Waals surface area contributed by atoms with Crippen molar-refractivity contribution in [2.24, 2.45) is 11.1 Å². The average Bonchev–Trinajstić information content (AvgIpc) is 2.35. The zero-order valence-corrected chi connectivity index (χ0v) is 12.5. The zero-order valence-electron chi connectivity index (χ0n) is 12.5. The fourth-order valence-corrected chi connectivity index (χ4v) is 1.82. The zero-order chi connectivity index (χ0) is 16.2. The number of carboxylic acids is 1. The molecule has 1 amide bonds. The van der Waals surface area contributed by atoms with E-state index in [4.69, 9.17) is 9.84 Å². The van der Waals surface area contributed by atoms with E-state index in [2.05, 4.69) is 5.18 Å². The number of nitroso groups, excluding NO2 is 1. The van der Waals surface area contributed by atoms with Gasteiger partial charge in [-0.05, 0) is 49.9 Å². The second-order valence-corrected chi connectivity index (χ2v) is 5.78. The number of rotatable bonds is 6. The summed E-state index contributed by atoms with van der Waals surface area (Å²) in [5.74, 6) is -1.47. The van der Waals surface area contributed by atoms with Crippen molar-refractivity contribution in [1.82, 2.24) is 0 Å². The summed E-state index contributed by atoms with van der Waals surface area (Å²) in [7, 11) is 0. The highest BCUT2D eigenvalue weighted by molar-refractivity contribution is 5.95. The number of carboxylic acid groups (broad SMARTS) is 1. The standard InChI is InChI=1S/C15H19NO5/c1-9(2)5-10-6-11(13(17)16-20)8-12(7-10)21-15(3,4)14(18)19/h6-9H,5H2,1-4H3,(H,18,19). The Morgan fingerprint density at radius 2 is 1.90 bits per heavy atom. The van der Waals surface area contributed by atoms with Crippen LogP contribution in [0.2, 0.25) is 0 Å². The molecule has 1 rings (SSSR count). The predicted octanol–water partition coefficient (Wildman–Crippen LogP) is 3.03. The quantitative estimate of drug-likeness (QED) is 0.814. The minimum Gasteiger partial charge on any atom is -0.478 e. The molecular formula is C15H19NO5. The Morgan fingerprint density at radius 1 is 1.29 bits per heavy atom. The molecule has 1 N–H and O–H groups in total. The Kier molecular flexibility index (Phi) is 5.18. The lowest BCUT2D eigenvalue weighted by Gasteiger charge is -2.22.